The summed E-state index contributed by atoms with van der Waals surface area (Å²) in [6.45, 7) is 2.40. The van der Waals surface area contributed by atoms with Crippen LogP contribution >= 0.6 is 0 Å². The zero-order chi connectivity index (χ0) is 17.2. The first-order valence-electron chi connectivity index (χ1n) is 7.03. The van der Waals surface area contributed by atoms with Crippen LogP contribution in [0.25, 0.3) is 0 Å². The Morgan fingerprint density at radius 3 is 2.39 bits per heavy atom. The molecule has 0 aromatic carbocycles. The van der Waals surface area contributed by atoms with Gasteiger partial charge in [-0.3, -0.25) is 14.6 Å². The number of aromatic nitrogens is 2. The first-order valence-corrected chi connectivity index (χ1v) is 7.03. The zero-order valence-corrected chi connectivity index (χ0v) is 12.4. The maximum absolute atomic E-state index is 13.3. The Labute approximate surface area is 129 Å². The van der Waals surface area contributed by atoms with Gasteiger partial charge in [-0.05, 0) is 6.92 Å². The standard InChI is InChI=1S/C13H16F4N4O2/c1-8-10(14)11(23)19-12(18-8)21-6-4-20(5-7-21)9(22)2-3-13(15,16)17/h2-7H2,1H3,(H,18,19,23). The number of aryl methyl sites for hydroxylation is 1. The topological polar surface area (TPSA) is 69.3 Å². The number of anilines is 1. The molecular weight excluding hydrogens is 320 g/mol. The fourth-order valence-electron chi connectivity index (χ4n) is 2.28. The number of piperazine rings is 1. The molecule has 1 fully saturated rings. The fraction of sp³-hybridized carbons (Fsp3) is 0.615. The third-order valence-electron chi connectivity index (χ3n) is 3.57. The number of rotatable bonds is 3. The van der Waals surface area contributed by atoms with Crippen LogP contribution in [0.3, 0.4) is 0 Å². The van der Waals surface area contributed by atoms with Gasteiger partial charge < -0.3 is 9.80 Å². The van der Waals surface area contributed by atoms with E-state index >= 15 is 0 Å². The minimum Gasteiger partial charge on any atom is -0.339 e. The van der Waals surface area contributed by atoms with Crippen LogP contribution in [0.1, 0.15) is 18.5 Å². The van der Waals surface area contributed by atoms with E-state index in [9.17, 15) is 27.2 Å². The predicted molar refractivity (Wildman–Crippen MR) is 73.6 cm³/mol. The predicted octanol–water partition coefficient (Wildman–Crippen LogP) is 1.21. The number of carbonyl (C=O) groups is 1. The number of hydrogen-bond donors (Lipinski definition) is 1. The van der Waals surface area contributed by atoms with Gasteiger partial charge in [0, 0.05) is 32.6 Å². The number of amides is 1. The number of halogens is 4. The van der Waals surface area contributed by atoms with Gasteiger partial charge in [0.15, 0.2) is 0 Å². The van der Waals surface area contributed by atoms with Crippen molar-refractivity contribution in [3.05, 3.63) is 21.9 Å². The highest BCUT2D eigenvalue weighted by atomic mass is 19.4. The zero-order valence-electron chi connectivity index (χ0n) is 12.4. The van der Waals surface area contributed by atoms with E-state index in [1.807, 2.05) is 0 Å². The van der Waals surface area contributed by atoms with Crippen molar-refractivity contribution in [2.75, 3.05) is 31.1 Å². The van der Waals surface area contributed by atoms with Crippen molar-refractivity contribution in [3.8, 4) is 0 Å². The fourth-order valence-corrected chi connectivity index (χ4v) is 2.28. The highest BCUT2D eigenvalue weighted by Crippen LogP contribution is 2.22. The van der Waals surface area contributed by atoms with Crippen molar-refractivity contribution < 1.29 is 22.4 Å². The summed E-state index contributed by atoms with van der Waals surface area (Å²) in [6, 6.07) is 0. The maximum Gasteiger partial charge on any atom is 0.389 e. The summed E-state index contributed by atoms with van der Waals surface area (Å²) < 4.78 is 49.6. The van der Waals surface area contributed by atoms with E-state index in [1.54, 1.807) is 4.90 Å². The Bertz CT molecular complexity index is 636. The summed E-state index contributed by atoms with van der Waals surface area (Å²) in [5, 5.41) is 0. The van der Waals surface area contributed by atoms with Crippen LogP contribution in [-0.2, 0) is 4.79 Å². The quantitative estimate of drug-likeness (QED) is 0.843. The van der Waals surface area contributed by atoms with Crippen LogP contribution in [0.5, 0.6) is 0 Å². The van der Waals surface area contributed by atoms with E-state index in [-0.39, 0.29) is 24.7 Å². The molecule has 1 aromatic rings. The highest BCUT2D eigenvalue weighted by molar-refractivity contribution is 5.76. The summed E-state index contributed by atoms with van der Waals surface area (Å²) in [6.07, 6.45) is -6.07. The maximum atomic E-state index is 13.3. The summed E-state index contributed by atoms with van der Waals surface area (Å²) in [5.41, 5.74) is -0.913. The number of nitrogens with zero attached hydrogens (tertiary/aromatic N) is 3. The molecule has 1 aliphatic rings. The number of H-pyrrole nitrogens is 1. The lowest BCUT2D eigenvalue weighted by atomic mass is 10.2. The largest absolute Gasteiger partial charge is 0.389 e. The van der Waals surface area contributed by atoms with Crippen LogP contribution < -0.4 is 10.5 Å². The molecule has 0 spiro atoms. The van der Waals surface area contributed by atoms with Gasteiger partial charge in [0.25, 0.3) is 5.56 Å². The average molecular weight is 336 g/mol. The van der Waals surface area contributed by atoms with Crippen LogP contribution in [0, 0.1) is 12.7 Å². The van der Waals surface area contributed by atoms with Gasteiger partial charge in [0.1, 0.15) is 0 Å². The summed E-state index contributed by atoms with van der Waals surface area (Å²) >= 11 is 0. The molecule has 6 nitrogen and oxygen atoms in total. The second-order valence-electron chi connectivity index (χ2n) is 5.27. The molecule has 0 atom stereocenters. The van der Waals surface area contributed by atoms with Gasteiger partial charge in [-0.1, -0.05) is 0 Å². The molecule has 10 heteroatoms. The van der Waals surface area contributed by atoms with Gasteiger partial charge in [-0.2, -0.15) is 17.6 Å². The van der Waals surface area contributed by atoms with Crippen molar-refractivity contribution in [3.63, 3.8) is 0 Å². The van der Waals surface area contributed by atoms with Gasteiger partial charge in [-0.25, -0.2) is 4.98 Å². The first-order chi connectivity index (χ1) is 10.7. The van der Waals surface area contributed by atoms with Crippen LogP contribution in [0.15, 0.2) is 4.79 Å². The third kappa shape index (κ3) is 4.42. The Balaban J connectivity index is 1.94. The number of hydrogen-bond acceptors (Lipinski definition) is 4. The van der Waals surface area contributed by atoms with Crippen molar-refractivity contribution in [1.29, 1.82) is 0 Å². The molecule has 1 aliphatic heterocycles. The molecule has 1 N–H and O–H groups in total. The van der Waals surface area contributed by atoms with E-state index in [0.29, 0.717) is 13.1 Å². The average Bonchev–Trinajstić information content (AvgIpc) is 2.49. The molecule has 0 bridgehead atoms. The Morgan fingerprint density at radius 2 is 1.87 bits per heavy atom. The van der Waals surface area contributed by atoms with E-state index in [2.05, 4.69) is 9.97 Å². The van der Waals surface area contributed by atoms with Crippen LogP contribution in [0.2, 0.25) is 0 Å². The highest BCUT2D eigenvalue weighted by Gasteiger charge is 2.30. The molecular formula is C13H16F4N4O2. The molecule has 0 aliphatic carbocycles. The summed E-state index contributed by atoms with van der Waals surface area (Å²) in [5.74, 6) is -1.32. The van der Waals surface area contributed by atoms with E-state index < -0.39 is 36.3 Å². The SMILES string of the molecule is Cc1nc(N2CCN(C(=O)CCC(F)(F)F)CC2)[nH]c(=O)c1F. The van der Waals surface area contributed by atoms with E-state index in [4.69, 9.17) is 0 Å². The number of carbonyl (C=O) groups excluding carboxylic acids is 1. The summed E-state index contributed by atoms with van der Waals surface area (Å²) in [4.78, 5) is 32.4. The van der Waals surface area contributed by atoms with Crippen molar-refractivity contribution in [2.45, 2.75) is 25.9 Å². The number of aromatic amines is 1. The number of alkyl halides is 3. The molecule has 0 unspecified atom stereocenters. The molecule has 1 amide bonds. The monoisotopic (exact) mass is 336 g/mol. The lowest BCUT2D eigenvalue weighted by Crippen LogP contribution is -2.49. The molecule has 2 rings (SSSR count). The summed E-state index contributed by atoms with van der Waals surface area (Å²) in [7, 11) is 0. The molecule has 128 valence electrons. The van der Waals surface area contributed by atoms with Crippen molar-refractivity contribution in [2.24, 2.45) is 0 Å². The van der Waals surface area contributed by atoms with Gasteiger partial charge in [-0.15, -0.1) is 0 Å². The van der Waals surface area contributed by atoms with Crippen LogP contribution in [-0.4, -0.2) is 53.1 Å². The second-order valence-corrected chi connectivity index (χ2v) is 5.27. The lowest BCUT2D eigenvalue weighted by molar-refractivity contribution is -0.149. The Hall–Kier alpha value is -2.13. The smallest absolute Gasteiger partial charge is 0.339 e. The normalized spacial score (nSPS) is 15.9. The minimum atomic E-state index is -4.35. The first kappa shape index (κ1) is 17.2. The second kappa shape index (κ2) is 6.55. The van der Waals surface area contributed by atoms with Crippen molar-refractivity contribution in [1.82, 2.24) is 14.9 Å². The van der Waals surface area contributed by atoms with Gasteiger partial charge in [0.2, 0.25) is 17.7 Å². The molecule has 23 heavy (non-hydrogen) atoms. The van der Waals surface area contributed by atoms with Gasteiger partial charge >= 0.3 is 6.18 Å². The molecule has 1 saturated heterocycles. The molecule has 2 heterocycles. The van der Waals surface area contributed by atoms with Gasteiger partial charge in [0.05, 0.1) is 12.1 Å². The minimum absolute atomic E-state index is 0.0348. The molecule has 0 radical (unpaired) electrons. The molecule has 0 saturated carbocycles. The Kier molecular flexibility index (Phi) is 4.90. The van der Waals surface area contributed by atoms with Crippen molar-refractivity contribution >= 4 is 11.9 Å². The third-order valence-corrected chi connectivity index (χ3v) is 3.57. The lowest BCUT2D eigenvalue weighted by Gasteiger charge is -2.35. The molecule has 1 aromatic heterocycles. The number of nitrogens with one attached hydrogen (secondary N) is 1. The van der Waals surface area contributed by atoms with Crippen LogP contribution in [0.4, 0.5) is 23.5 Å². The van der Waals surface area contributed by atoms with E-state index in [1.165, 1.54) is 11.8 Å². The Morgan fingerprint density at radius 1 is 1.26 bits per heavy atom. The van der Waals surface area contributed by atoms with E-state index in [0.717, 1.165) is 0 Å².